The third-order valence-electron chi connectivity index (χ3n) is 2.85. The quantitative estimate of drug-likeness (QED) is 0.606. The van der Waals surface area contributed by atoms with Crippen molar-refractivity contribution in [3.8, 4) is 0 Å². The monoisotopic (exact) mass is 375 g/mol. The average Bonchev–Trinajstić information content (AvgIpc) is 2.48. The smallest absolute Gasteiger partial charge is 0.393 e. The third-order valence-corrected chi connectivity index (χ3v) is 3.13. The first kappa shape index (κ1) is 19.0. The SMILES string of the molecule is CC(C)(C)NNc1ncnc(Nc2ncc(C(F)(F)F)cc2Cl)c1N. The van der Waals surface area contributed by atoms with E-state index in [1.807, 2.05) is 20.8 Å². The van der Waals surface area contributed by atoms with Gasteiger partial charge in [-0.1, -0.05) is 11.6 Å². The van der Waals surface area contributed by atoms with Crippen LogP contribution in [0.5, 0.6) is 0 Å². The lowest BCUT2D eigenvalue weighted by molar-refractivity contribution is -0.137. The molecule has 2 aromatic heterocycles. The molecule has 0 spiro atoms. The Morgan fingerprint density at radius 3 is 2.24 bits per heavy atom. The van der Waals surface area contributed by atoms with Gasteiger partial charge in [0.05, 0.1) is 10.6 Å². The van der Waals surface area contributed by atoms with Gasteiger partial charge in [-0.3, -0.25) is 0 Å². The van der Waals surface area contributed by atoms with Crippen molar-refractivity contribution in [3.63, 3.8) is 0 Å². The van der Waals surface area contributed by atoms with Crippen LogP contribution in [-0.4, -0.2) is 20.5 Å². The number of nitrogens with zero attached hydrogens (tertiary/aromatic N) is 3. The van der Waals surface area contributed by atoms with Gasteiger partial charge in [-0.25, -0.2) is 20.4 Å². The van der Waals surface area contributed by atoms with E-state index in [9.17, 15) is 13.2 Å². The van der Waals surface area contributed by atoms with Crippen LogP contribution < -0.4 is 21.9 Å². The summed E-state index contributed by atoms with van der Waals surface area (Å²) in [6.07, 6.45) is -2.62. The van der Waals surface area contributed by atoms with Crippen molar-refractivity contribution in [1.29, 1.82) is 0 Å². The normalized spacial score (nSPS) is 12.1. The molecule has 0 aromatic carbocycles. The summed E-state index contributed by atoms with van der Waals surface area (Å²) < 4.78 is 37.9. The fraction of sp³-hybridized carbons (Fsp3) is 0.357. The van der Waals surface area contributed by atoms with E-state index >= 15 is 0 Å². The lowest BCUT2D eigenvalue weighted by Gasteiger charge is -2.22. The van der Waals surface area contributed by atoms with E-state index in [2.05, 4.69) is 31.1 Å². The minimum Gasteiger partial charge on any atom is -0.393 e. The van der Waals surface area contributed by atoms with Crippen LogP contribution in [0.25, 0.3) is 0 Å². The maximum absolute atomic E-state index is 12.6. The first-order valence-electron chi connectivity index (χ1n) is 7.11. The average molecular weight is 376 g/mol. The molecule has 0 aliphatic heterocycles. The van der Waals surface area contributed by atoms with Crippen molar-refractivity contribution in [2.75, 3.05) is 16.5 Å². The molecule has 0 aliphatic rings. The molecule has 0 amide bonds. The van der Waals surface area contributed by atoms with E-state index in [0.29, 0.717) is 12.0 Å². The Labute approximate surface area is 147 Å². The van der Waals surface area contributed by atoms with Crippen molar-refractivity contribution in [1.82, 2.24) is 20.4 Å². The number of hydrogen-bond acceptors (Lipinski definition) is 7. The number of hydrogen-bond donors (Lipinski definition) is 4. The van der Waals surface area contributed by atoms with E-state index in [1.54, 1.807) is 0 Å². The van der Waals surface area contributed by atoms with E-state index in [4.69, 9.17) is 17.3 Å². The van der Waals surface area contributed by atoms with Crippen molar-refractivity contribution >= 4 is 34.7 Å². The number of halogens is 4. The first-order valence-corrected chi connectivity index (χ1v) is 7.48. The molecule has 2 heterocycles. The number of anilines is 4. The van der Waals surface area contributed by atoms with Crippen molar-refractivity contribution in [3.05, 3.63) is 29.2 Å². The second-order valence-corrected chi connectivity index (χ2v) is 6.57. The number of pyridine rings is 1. The first-order chi connectivity index (χ1) is 11.5. The van der Waals surface area contributed by atoms with E-state index in [0.717, 1.165) is 6.07 Å². The van der Waals surface area contributed by atoms with Crippen LogP contribution >= 0.6 is 11.6 Å². The van der Waals surface area contributed by atoms with E-state index in [-0.39, 0.29) is 27.9 Å². The number of nitrogens with one attached hydrogen (secondary N) is 3. The third kappa shape index (κ3) is 5.07. The standard InChI is InChI=1S/C14H17ClF3N7/c1-13(2,3)25-24-12-9(19)11(21-6-22-12)23-10-8(15)4-7(5-20-10)14(16,17)18/h4-6,25H,19H2,1-3H3,(H2,20,21,22,23,24). The number of alkyl halides is 3. The predicted molar refractivity (Wildman–Crippen MR) is 90.5 cm³/mol. The molecular formula is C14H17ClF3N7. The molecule has 11 heteroatoms. The summed E-state index contributed by atoms with van der Waals surface area (Å²) in [6, 6.07) is 0.772. The maximum Gasteiger partial charge on any atom is 0.417 e. The number of aromatic nitrogens is 3. The molecule has 0 atom stereocenters. The van der Waals surface area contributed by atoms with Crippen molar-refractivity contribution in [2.45, 2.75) is 32.5 Å². The molecule has 0 saturated heterocycles. The molecule has 5 N–H and O–H groups in total. The Morgan fingerprint density at radius 1 is 1.04 bits per heavy atom. The largest absolute Gasteiger partial charge is 0.417 e. The van der Waals surface area contributed by atoms with E-state index < -0.39 is 11.7 Å². The molecule has 2 aromatic rings. The molecule has 0 radical (unpaired) electrons. The molecule has 0 aliphatic carbocycles. The summed E-state index contributed by atoms with van der Waals surface area (Å²) >= 11 is 5.86. The second kappa shape index (κ2) is 6.89. The Hall–Kier alpha value is -2.33. The van der Waals surface area contributed by atoms with Gasteiger partial charge in [0.15, 0.2) is 11.6 Å². The van der Waals surface area contributed by atoms with Crippen LogP contribution in [0.15, 0.2) is 18.6 Å². The summed E-state index contributed by atoms with van der Waals surface area (Å²) in [5.74, 6) is 0.452. The highest BCUT2D eigenvalue weighted by Gasteiger charge is 2.31. The second-order valence-electron chi connectivity index (χ2n) is 6.16. The van der Waals surface area contributed by atoms with Gasteiger partial charge in [0.2, 0.25) is 0 Å². The minimum absolute atomic E-state index is 0.00482. The predicted octanol–water partition coefficient (Wildman–Crippen LogP) is 3.58. The van der Waals surface area contributed by atoms with Crippen LogP contribution in [0.1, 0.15) is 26.3 Å². The zero-order valence-corrected chi connectivity index (χ0v) is 14.4. The molecule has 2 rings (SSSR count). The molecule has 0 bridgehead atoms. The summed E-state index contributed by atoms with van der Waals surface area (Å²) in [7, 11) is 0. The fourth-order valence-corrected chi connectivity index (χ4v) is 1.85. The van der Waals surface area contributed by atoms with Gasteiger partial charge >= 0.3 is 6.18 Å². The topological polar surface area (TPSA) is 101 Å². The highest BCUT2D eigenvalue weighted by molar-refractivity contribution is 6.33. The zero-order valence-electron chi connectivity index (χ0n) is 13.7. The zero-order chi connectivity index (χ0) is 18.8. The van der Waals surface area contributed by atoms with Gasteiger partial charge in [0, 0.05) is 11.7 Å². The maximum atomic E-state index is 12.6. The lowest BCUT2D eigenvalue weighted by Crippen LogP contribution is -2.40. The summed E-state index contributed by atoms with van der Waals surface area (Å²) in [4.78, 5) is 11.6. The van der Waals surface area contributed by atoms with Crippen LogP contribution in [0.4, 0.5) is 36.3 Å². The summed E-state index contributed by atoms with van der Waals surface area (Å²) in [5.41, 5.74) is 10.8. The van der Waals surface area contributed by atoms with Gasteiger partial charge in [-0.05, 0) is 26.8 Å². The summed E-state index contributed by atoms with van der Waals surface area (Å²) in [5, 5.41) is 2.49. The van der Waals surface area contributed by atoms with Gasteiger partial charge in [0.25, 0.3) is 0 Å². The number of rotatable bonds is 4. The Balaban J connectivity index is 2.23. The molecule has 0 fully saturated rings. The van der Waals surface area contributed by atoms with Crippen molar-refractivity contribution in [2.24, 2.45) is 0 Å². The Morgan fingerprint density at radius 2 is 1.68 bits per heavy atom. The summed E-state index contributed by atoms with van der Waals surface area (Å²) in [6.45, 7) is 5.80. The Kier molecular flexibility index (Phi) is 5.23. The fourth-order valence-electron chi connectivity index (χ4n) is 1.64. The number of nitrogen functional groups attached to an aromatic ring is 1. The van der Waals surface area contributed by atoms with Crippen LogP contribution in [0.2, 0.25) is 5.02 Å². The lowest BCUT2D eigenvalue weighted by atomic mass is 10.1. The van der Waals surface area contributed by atoms with Crippen LogP contribution in [-0.2, 0) is 6.18 Å². The molecule has 0 saturated carbocycles. The molecule has 25 heavy (non-hydrogen) atoms. The number of nitrogens with two attached hydrogens (primary N) is 1. The minimum atomic E-state index is -4.53. The Bertz CT molecular complexity index is 759. The molecule has 7 nitrogen and oxygen atoms in total. The van der Waals surface area contributed by atoms with Crippen LogP contribution in [0, 0.1) is 0 Å². The molecular weight excluding hydrogens is 359 g/mol. The van der Waals surface area contributed by atoms with Gasteiger partial charge in [-0.2, -0.15) is 13.2 Å². The van der Waals surface area contributed by atoms with Crippen LogP contribution in [0.3, 0.4) is 0 Å². The molecule has 136 valence electrons. The highest BCUT2D eigenvalue weighted by atomic mass is 35.5. The van der Waals surface area contributed by atoms with Crippen molar-refractivity contribution < 1.29 is 13.2 Å². The van der Waals surface area contributed by atoms with E-state index in [1.165, 1.54) is 6.33 Å². The highest BCUT2D eigenvalue weighted by Crippen LogP contribution is 2.34. The van der Waals surface area contributed by atoms with Gasteiger partial charge < -0.3 is 16.5 Å². The van der Waals surface area contributed by atoms with Gasteiger partial charge in [0.1, 0.15) is 17.8 Å². The number of hydrazine groups is 1. The van der Waals surface area contributed by atoms with Gasteiger partial charge in [-0.15, -0.1) is 0 Å². The molecule has 0 unspecified atom stereocenters.